The monoisotopic (exact) mass is 254 g/mol. The van der Waals surface area contributed by atoms with Crippen LogP contribution in [0.2, 0.25) is 5.02 Å². The highest BCUT2D eigenvalue weighted by molar-refractivity contribution is 6.30. The molecule has 0 aliphatic carbocycles. The number of nitrogen functional groups attached to an aromatic ring is 1. The lowest BCUT2D eigenvalue weighted by atomic mass is 10.7. The molecule has 9 heteroatoms. The number of hydrogen-bond donors (Lipinski definition) is 2. The Morgan fingerprint density at radius 3 is 2.65 bits per heavy atom. The molecule has 90 valence electrons. The second-order valence-electron chi connectivity index (χ2n) is 3.40. The van der Waals surface area contributed by atoms with Gasteiger partial charge in [-0.25, -0.2) is 10.5 Å². The standard InChI is InChI=1S/C8H11ClN8/c1-16(2)7-12-6(15-10)13-8(14-7)17-4-5(9)3-11-17/h3-4H,10H2,1-2H3,(H,12,13,14,15). The van der Waals surface area contributed by atoms with Gasteiger partial charge in [0.2, 0.25) is 11.9 Å². The highest BCUT2D eigenvalue weighted by Gasteiger charge is 2.09. The first-order chi connectivity index (χ1) is 8.10. The van der Waals surface area contributed by atoms with Gasteiger partial charge in [0.1, 0.15) is 0 Å². The molecule has 17 heavy (non-hydrogen) atoms. The molecule has 0 fully saturated rings. The van der Waals surface area contributed by atoms with Gasteiger partial charge in [-0.15, -0.1) is 0 Å². The van der Waals surface area contributed by atoms with Gasteiger partial charge in [-0.3, -0.25) is 5.43 Å². The van der Waals surface area contributed by atoms with Crippen LogP contribution >= 0.6 is 11.6 Å². The number of rotatable bonds is 3. The van der Waals surface area contributed by atoms with E-state index in [0.717, 1.165) is 0 Å². The molecule has 0 spiro atoms. The van der Waals surface area contributed by atoms with Gasteiger partial charge in [-0.2, -0.15) is 20.1 Å². The van der Waals surface area contributed by atoms with Crippen LogP contribution in [0.5, 0.6) is 0 Å². The molecule has 0 atom stereocenters. The lowest BCUT2D eigenvalue weighted by molar-refractivity contribution is 0.789. The molecule has 0 saturated heterocycles. The number of nitrogens with zero attached hydrogens (tertiary/aromatic N) is 6. The third kappa shape index (κ3) is 2.43. The average Bonchev–Trinajstić information content (AvgIpc) is 2.75. The highest BCUT2D eigenvalue weighted by Crippen LogP contribution is 2.12. The van der Waals surface area contributed by atoms with Crippen LogP contribution in [0, 0.1) is 0 Å². The molecule has 2 heterocycles. The molecule has 0 saturated carbocycles. The summed E-state index contributed by atoms with van der Waals surface area (Å²) in [5.41, 5.74) is 2.38. The number of halogens is 1. The smallest absolute Gasteiger partial charge is 0.257 e. The second kappa shape index (κ2) is 4.52. The largest absolute Gasteiger partial charge is 0.347 e. The van der Waals surface area contributed by atoms with E-state index in [1.54, 1.807) is 11.1 Å². The van der Waals surface area contributed by atoms with E-state index in [-0.39, 0.29) is 5.95 Å². The van der Waals surface area contributed by atoms with E-state index in [1.807, 2.05) is 14.1 Å². The Bertz CT molecular complexity index is 522. The summed E-state index contributed by atoms with van der Waals surface area (Å²) >= 11 is 5.78. The summed E-state index contributed by atoms with van der Waals surface area (Å²) in [6.07, 6.45) is 3.09. The average molecular weight is 255 g/mol. The topological polar surface area (TPSA) is 97.8 Å². The van der Waals surface area contributed by atoms with Crippen LogP contribution in [-0.4, -0.2) is 38.8 Å². The van der Waals surface area contributed by atoms with Crippen LogP contribution in [0.1, 0.15) is 0 Å². The van der Waals surface area contributed by atoms with Crippen LogP contribution in [0.3, 0.4) is 0 Å². The summed E-state index contributed by atoms with van der Waals surface area (Å²) in [5, 5.41) is 4.51. The number of hydrazine groups is 1. The molecule has 0 aliphatic heterocycles. The molecule has 2 aromatic rings. The molecule has 3 N–H and O–H groups in total. The van der Waals surface area contributed by atoms with E-state index >= 15 is 0 Å². The highest BCUT2D eigenvalue weighted by atomic mass is 35.5. The summed E-state index contributed by atoms with van der Waals surface area (Å²) in [5.74, 6) is 6.35. The van der Waals surface area contributed by atoms with E-state index < -0.39 is 0 Å². The van der Waals surface area contributed by atoms with Crippen molar-refractivity contribution in [2.75, 3.05) is 24.4 Å². The maximum absolute atomic E-state index is 5.78. The number of aromatic nitrogens is 5. The van der Waals surface area contributed by atoms with E-state index in [0.29, 0.717) is 16.9 Å². The van der Waals surface area contributed by atoms with Gasteiger partial charge in [0.25, 0.3) is 5.95 Å². The Kier molecular flexibility index (Phi) is 3.07. The fraction of sp³-hybridized carbons (Fsp3) is 0.250. The van der Waals surface area contributed by atoms with Crippen LogP contribution in [0.25, 0.3) is 5.95 Å². The van der Waals surface area contributed by atoms with Crippen molar-refractivity contribution in [1.82, 2.24) is 24.7 Å². The SMILES string of the molecule is CN(C)c1nc(NN)nc(-n2cc(Cl)cn2)n1. The van der Waals surface area contributed by atoms with Gasteiger partial charge in [-0.05, 0) is 0 Å². The molecule has 2 aromatic heterocycles. The minimum atomic E-state index is 0.255. The number of anilines is 2. The van der Waals surface area contributed by atoms with Crippen LogP contribution in [0.4, 0.5) is 11.9 Å². The minimum Gasteiger partial charge on any atom is -0.347 e. The third-order valence-electron chi connectivity index (χ3n) is 1.90. The van der Waals surface area contributed by atoms with Gasteiger partial charge >= 0.3 is 0 Å². The van der Waals surface area contributed by atoms with Crippen LogP contribution in [0.15, 0.2) is 12.4 Å². The first-order valence-electron chi connectivity index (χ1n) is 4.70. The molecule has 0 bridgehead atoms. The van der Waals surface area contributed by atoms with Crippen molar-refractivity contribution >= 4 is 23.5 Å². The van der Waals surface area contributed by atoms with Crippen molar-refractivity contribution in [1.29, 1.82) is 0 Å². The van der Waals surface area contributed by atoms with Gasteiger partial charge in [0, 0.05) is 14.1 Å². The van der Waals surface area contributed by atoms with Crippen molar-refractivity contribution in [3.05, 3.63) is 17.4 Å². The first kappa shape index (κ1) is 11.6. The molecule has 0 aliphatic rings. The second-order valence-corrected chi connectivity index (χ2v) is 3.84. The molecule has 0 aromatic carbocycles. The predicted molar refractivity (Wildman–Crippen MR) is 64.1 cm³/mol. The Labute approximate surface area is 102 Å². The van der Waals surface area contributed by atoms with Gasteiger partial charge in [0.15, 0.2) is 0 Å². The zero-order chi connectivity index (χ0) is 12.4. The molecule has 2 rings (SSSR count). The maximum atomic E-state index is 5.78. The fourth-order valence-corrected chi connectivity index (χ4v) is 1.27. The minimum absolute atomic E-state index is 0.255. The third-order valence-corrected chi connectivity index (χ3v) is 2.09. The Balaban J connectivity index is 2.49. The summed E-state index contributed by atoms with van der Waals surface area (Å²) < 4.78 is 1.44. The number of nitrogens with two attached hydrogens (primary N) is 1. The Morgan fingerprint density at radius 1 is 1.35 bits per heavy atom. The fourth-order valence-electron chi connectivity index (χ4n) is 1.13. The van der Waals surface area contributed by atoms with Gasteiger partial charge < -0.3 is 4.90 Å². The molecular weight excluding hydrogens is 244 g/mol. The van der Waals surface area contributed by atoms with Crippen LogP contribution in [-0.2, 0) is 0 Å². The first-order valence-corrected chi connectivity index (χ1v) is 5.08. The Morgan fingerprint density at radius 2 is 2.12 bits per heavy atom. The van der Waals surface area contributed by atoms with E-state index in [9.17, 15) is 0 Å². The molecular formula is C8H11ClN8. The van der Waals surface area contributed by atoms with Crippen molar-refractivity contribution in [2.24, 2.45) is 5.84 Å². The van der Waals surface area contributed by atoms with E-state index in [2.05, 4.69) is 25.5 Å². The normalized spacial score (nSPS) is 10.4. The number of nitrogens with one attached hydrogen (secondary N) is 1. The van der Waals surface area contributed by atoms with Crippen molar-refractivity contribution in [3.8, 4) is 5.95 Å². The van der Waals surface area contributed by atoms with Gasteiger partial charge in [0.05, 0.1) is 17.4 Å². The Hall–Kier alpha value is -1.93. The quantitative estimate of drug-likeness (QED) is 0.590. The summed E-state index contributed by atoms with van der Waals surface area (Å²) in [6.45, 7) is 0. The maximum Gasteiger partial charge on any atom is 0.257 e. The number of hydrogen-bond acceptors (Lipinski definition) is 7. The van der Waals surface area contributed by atoms with Crippen molar-refractivity contribution in [3.63, 3.8) is 0 Å². The molecule has 8 nitrogen and oxygen atoms in total. The zero-order valence-electron chi connectivity index (χ0n) is 9.29. The van der Waals surface area contributed by atoms with E-state index in [1.165, 1.54) is 10.9 Å². The molecule has 0 radical (unpaired) electrons. The van der Waals surface area contributed by atoms with E-state index in [4.69, 9.17) is 17.4 Å². The lowest BCUT2D eigenvalue weighted by Gasteiger charge is -2.11. The predicted octanol–water partition coefficient (Wildman–Crippen LogP) is 0.0623. The zero-order valence-corrected chi connectivity index (χ0v) is 10.0. The summed E-state index contributed by atoms with van der Waals surface area (Å²) in [6, 6.07) is 0. The molecule has 0 amide bonds. The van der Waals surface area contributed by atoms with Crippen molar-refractivity contribution < 1.29 is 0 Å². The van der Waals surface area contributed by atoms with Crippen molar-refractivity contribution in [2.45, 2.75) is 0 Å². The van der Waals surface area contributed by atoms with Crippen LogP contribution < -0.4 is 16.2 Å². The summed E-state index contributed by atoms with van der Waals surface area (Å²) in [4.78, 5) is 14.1. The van der Waals surface area contributed by atoms with Gasteiger partial charge in [-0.1, -0.05) is 11.6 Å². The molecule has 0 unspecified atom stereocenters. The summed E-state index contributed by atoms with van der Waals surface area (Å²) in [7, 11) is 3.63. The lowest BCUT2D eigenvalue weighted by Crippen LogP contribution is -2.19.